The number of imidazole rings is 1. The SMILES string of the molecule is COc1ccc2[nH]c(-c3ccc(OC)c(Br)c3)nc2n1. The Labute approximate surface area is 124 Å². The summed E-state index contributed by atoms with van der Waals surface area (Å²) >= 11 is 3.47. The van der Waals surface area contributed by atoms with Gasteiger partial charge in [0, 0.05) is 11.6 Å². The number of H-pyrrole nitrogens is 1. The summed E-state index contributed by atoms with van der Waals surface area (Å²) in [5.41, 5.74) is 2.45. The quantitative estimate of drug-likeness (QED) is 0.797. The number of aromatic amines is 1. The van der Waals surface area contributed by atoms with Crippen LogP contribution in [0.2, 0.25) is 0 Å². The van der Waals surface area contributed by atoms with Crippen molar-refractivity contribution in [2.45, 2.75) is 0 Å². The van der Waals surface area contributed by atoms with Gasteiger partial charge in [-0.3, -0.25) is 0 Å². The van der Waals surface area contributed by atoms with E-state index < -0.39 is 0 Å². The first-order chi connectivity index (χ1) is 9.71. The highest BCUT2D eigenvalue weighted by Crippen LogP contribution is 2.30. The number of pyridine rings is 1. The van der Waals surface area contributed by atoms with Gasteiger partial charge in [-0.25, -0.2) is 4.98 Å². The summed E-state index contributed by atoms with van der Waals surface area (Å²) in [6, 6.07) is 9.48. The maximum absolute atomic E-state index is 5.22. The Kier molecular flexibility index (Phi) is 3.31. The Hall–Kier alpha value is -2.08. The molecular formula is C14H12BrN3O2. The Morgan fingerprint density at radius 2 is 1.90 bits per heavy atom. The van der Waals surface area contributed by atoms with Gasteiger partial charge in [-0.2, -0.15) is 4.98 Å². The van der Waals surface area contributed by atoms with Gasteiger partial charge in [0.15, 0.2) is 5.65 Å². The fourth-order valence-corrected chi connectivity index (χ4v) is 2.48. The van der Waals surface area contributed by atoms with Crippen molar-refractivity contribution in [1.82, 2.24) is 15.0 Å². The lowest BCUT2D eigenvalue weighted by Gasteiger charge is -2.04. The molecule has 2 aromatic heterocycles. The maximum Gasteiger partial charge on any atom is 0.215 e. The van der Waals surface area contributed by atoms with E-state index in [9.17, 15) is 0 Å². The Balaban J connectivity index is 2.07. The first-order valence-electron chi connectivity index (χ1n) is 5.96. The van der Waals surface area contributed by atoms with Gasteiger partial charge in [0.05, 0.1) is 24.2 Å². The van der Waals surface area contributed by atoms with Crippen molar-refractivity contribution >= 4 is 27.1 Å². The van der Waals surface area contributed by atoms with Crippen molar-refractivity contribution in [3.05, 3.63) is 34.8 Å². The molecule has 0 aliphatic heterocycles. The zero-order valence-electron chi connectivity index (χ0n) is 11.0. The normalized spacial score (nSPS) is 10.8. The van der Waals surface area contributed by atoms with Crippen LogP contribution in [0.15, 0.2) is 34.8 Å². The molecule has 3 aromatic rings. The number of hydrogen-bond acceptors (Lipinski definition) is 4. The third-order valence-corrected chi connectivity index (χ3v) is 3.57. The summed E-state index contributed by atoms with van der Waals surface area (Å²) in [5, 5.41) is 0. The van der Waals surface area contributed by atoms with Gasteiger partial charge in [0.2, 0.25) is 5.88 Å². The Bertz CT molecular complexity index is 770. The third-order valence-electron chi connectivity index (χ3n) is 2.95. The number of ether oxygens (including phenoxy) is 2. The van der Waals surface area contributed by atoms with Crippen LogP contribution in [0.5, 0.6) is 11.6 Å². The van der Waals surface area contributed by atoms with E-state index in [1.54, 1.807) is 20.3 Å². The summed E-state index contributed by atoms with van der Waals surface area (Å²) in [6.07, 6.45) is 0. The van der Waals surface area contributed by atoms with Crippen molar-refractivity contribution in [3.63, 3.8) is 0 Å². The minimum atomic E-state index is 0.548. The highest BCUT2D eigenvalue weighted by atomic mass is 79.9. The van der Waals surface area contributed by atoms with Crippen LogP contribution < -0.4 is 9.47 Å². The Morgan fingerprint density at radius 3 is 2.60 bits per heavy atom. The van der Waals surface area contributed by atoms with Crippen LogP contribution in [-0.4, -0.2) is 29.2 Å². The van der Waals surface area contributed by atoms with Gasteiger partial charge in [0.1, 0.15) is 11.6 Å². The van der Waals surface area contributed by atoms with E-state index in [1.807, 2.05) is 24.3 Å². The average molecular weight is 334 g/mol. The average Bonchev–Trinajstić information content (AvgIpc) is 2.89. The van der Waals surface area contributed by atoms with Gasteiger partial charge in [-0.15, -0.1) is 0 Å². The molecule has 2 heterocycles. The van der Waals surface area contributed by atoms with Gasteiger partial charge < -0.3 is 14.5 Å². The predicted octanol–water partition coefficient (Wildman–Crippen LogP) is 3.40. The molecule has 5 nitrogen and oxygen atoms in total. The lowest BCUT2D eigenvalue weighted by atomic mass is 10.2. The van der Waals surface area contributed by atoms with E-state index in [2.05, 4.69) is 30.9 Å². The fraction of sp³-hybridized carbons (Fsp3) is 0.143. The lowest BCUT2D eigenvalue weighted by molar-refractivity contribution is 0.399. The van der Waals surface area contributed by atoms with Crippen LogP contribution in [0.1, 0.15) is 0 Å². The number of nitrogens with zero attached hydrogens (tertiary/aromatic N) is 2. The van der Waals surface area contributed by atoms with E-state index in [-0.39, 0.29) is 0 Å². The minimum absolute atomic E-state index is 0.548. The molecule has 3 rings (SSSR count). The molecule has 0 atom stereocenters. The number of halogens is 1. The molecule has 0 spiro atoms. The maximum atomic E-state index is 5.22. The molecule has 1 N–H and O–H groups in total. The molecule has 6 heteroatoms. The molecule has 0 aliphatic rings. The summed E-state index contributed by atoms with van der Waals surface area (Å²) in [5.74, 6) is 2.08. The number of hydrogen-bond donors (Lipinski definition) is 1. The molecule has 20 heavy (non-hydrogen) atoms. The number of methoxy groups -OCH3 is 2. The largest absolute Gasteiger partial charge is 0.496 e. The molecule has 0 unspecified atom stereocenters. The van der Waals surface area contributed by atoms with Crippen LogP contribution in [0.25, 0.3) is 22.6 Å². The number of rotatable bonds is 3. The molecule has 102 valence electrons. The second-order valence-electron chi connectivity index (χ2n) is 4.16. The number of benzene rings is 1. The van der Waals surface area contributed by atoms with Crippen LogP contribution in [-0.2, 0) is 0 Å². The molecule has 0 bridgehead atoms. The van der Waals surface area contributed by atoms with Crippen molar-refractivity contribution < 1.29 is 9.47 Å². The first kappa shape index (κ1) is 12.9. The lowest BCUT2D eigenvalue weighted by Crippen LogP contribution is -1.87. The van der Waals surface area contributed by atoms with Crippen LogP contribution >= 0.6 is 15.9 Å². The summed E-state index contributed by atoms with van der Waals surface area (Å²) < 4.78 is 11.2. The van der Waals surface area contributed by atoms with E-state index >= 15 is 0 Å². The van der Waals surface area contributed by atoms with Crippen LogP contribution in [0.3, 0.4) is 0 Å². The molecule has 1 aromatic carbocycles. The van der Waals surface area contributed by atoms with Crippen molar-refractivity contribution in [2.75, 3.05) is 14.2 Å². The van der Waals surface area contributed by atoms with Crippen molar-refractivity contribution in [2.24, 2.45) is 0 Å². The highest BCUT2D eigenvalue weighted by Gasteiger charge is 2.09. The van der Waals surface area contributed by atoms with E-state index in [4.69, 9.17) is 9.47 Å². The number of fused-ring (bicyclic) bond motifs is 1. The molecule has 0 fully saturated rings. The minimum Gasteiger partial charge on any atom is -0.496 e. The second-order valence-corrected chi connectivity index (χ2v) is 5.01. The third kappa shape index (κ3) is 2.22. The summed E-state index contributed by atoms with van der Waals surface area (Å²) in [7, 11) is 3.22. The zero-order valence-corrected chi connectivity index (χ0v) is 12.6. The van der Waals surface area contributed by atoms with E-state index in [1.165, 1.54) is 0 Å². The monoisotopic (exact) mass is 333 g/mol. The topological polar surface area (TPSA) is 60.0 Å². The van der Waals surface area contributed by atoms with Gasteiger partial charge >= 0.3 is 0 Å². The molecular weight excluding hydrogens is 322 g/mol. The molecule has 0 saturated heterocycles. The van der Waals surface area contributed by atoms with Gasteiger partial charge in [-0.05, 0) is 40.2 Å². The van der Waals surface area contributed by atoms with Crippen LogP contribution in [0.4, 0.5) is 0 Å². The smallest absolute Gasteiger partial charge is 0.215 e. The van der Waals surface area contributed by atoms with Crippen LogP contribution in [0, 0.1) is 0 Å². The molecule has 0 aliphatic carbocycles. The van der Waals surface area contributed by atoms with Gasteiger partial charge in [0.25, 0.3) is 0 Å². The predicted molar refractivity (Wildman–Crippen MR) is 80.1 cm³/mol. The molecule has 0 saturated carbocycles. The van der Waals surface area contributed by atoms with Gasteiger partial charge in [-0.1, -0.05) is 0 Å². The fourth-order valence-electron chi connectivity index (χ4n) is 1.94. The summed E-state index contributed by atoms with van der Waals surface area (Å²) in [6.45, 7) is 0. The summed E-state index contributed by atoms with van der Waals surface area (Å²) in [4.78, 5) is 12.0. The first-order valence-corrected chi connectivity index (χ1v) is 6.75. The number of aromatic nitrogens is 3. The number of nitrogens with one attached hydrogen (secondary N) is 1. The standard InChI is InChI=1S/C14H12BrN3O2/c1-19-11-5-3-8(7-9(11)15)13-16-10-4-6-12(20-2)17-14(10)18-13/h3-7H,1-2H3,(H,16,17,18). The van der Waals surface area contributed by atoms with Crippen molar-refractivity contribution in [3.8, 4) is 23.0 Å². The van der Waals surface area contributed by atoms with E-state index in [0.29, 0.717) is 11.5 Å². The highest BCUT2D eigenvalue weighted by molar-refractivity contribution is 9.10. The Morgan fingerprint density at radius 1 is 1.05 bits per heavy atom. The molecule has 0 radical (unpaired) electrons. The second kappa shape index (κ2) is 5.13. The van der Waals surface area contributed by atoms with E-state index in [0.717, 1.165) is 27.1 Å². The molecule has 0 amide bonds. The van der Waals surface area contributed by atoms with Crippen molar-refractivity contribution in [1.29, 1.82) is 0 Å². The zero-order chi connectivity index (χ0) is 14.1.